The van der Waals surface area contributed by atoms with E-state index in [1.165, 1.54) is 5.57 Å². The molecule has 0 fully saturated rings. The minimum Gasteiger partial charge on any atom is -0.212 e. The second-order valence-corrected chi connectivity index (χ2v) is 2.28. The summed E-state index contributed by atoms with van der Waals surface area (Å²) in [5.41, 5.74) is 1.36. The molecular formula is C8H11F. The Morgan fingerprint density at radius 2 is 2.22 bits per heavy atom. The molecule has 0 radical (unpaired) electrons. The number of rotatable bonds is 1. The Morgan fingerprint density at radius 1 is 1.44 bits per heavy atom. The lowest BCUT2D eigenvalue weighted by molar-refractivity contribution is 0.604. The Kier molecular flexibility index (Phi) is 2.04. The molecule has 0 heterocycles. The van der Waals surface area contributed by atoms with Crippen molar-refractivity contribution in [1.82, 2.24) is 0 Å². The molecule has 0 bridgehead atoms. The molecule has 0 saturated heterocycles. The van der Waals surface area contributed by atoms with Gasteiger partial charge in [-0.2, -0.15) is 0 Å². The maximum Gasteiger partial charge on any atom is 0.100 e. The Morgan fingerprint density at radius 3 is 2.67 bits per heavy atom. The van der Waals surface area contributed by atoms with Gasteiger partial charge in [0.05, 0.1) is 0 Å². The van der Waals surface area contributed by atoms with Gasteiger partial charge in [-0.25, -0.2) is 4.39 Å². The van der Waals surface area contributed by atoms with E-state index in [1.54, 1.807) is 6.08 Å². The van der Waals surface area contributed by atoms with Crippen LogP contribution in [0.3, 0.4) is 0 Å². The van der Waals surface area contributed by atoms with Gasteiger partial charge in [-0.1, -0.05) is 18.6 Å². The number of hydrogen-bond acceptors (Lipinski definition) is 0. The Hall–Kier alpha value is -0.590. The van der Waals surface area contributed by atoms with Crippen molar-refractivity contribution in [3.8, 4) is 0 Å². The lowest BCUT2D eigenvalue weighted by atomic mass is 10.0. The van der Waals surface area contributed by atoms with Crippen LogP contribution >= 0.6 is 0 Å². The molecule has 1 aliphatic rings. The summed E-state index contributed by atoms with van der Waals surface area (Å²) in [6.07, 6.45) is 6.05. The molecule has 0 aromatic heterocycles. The van der Waals surface area contributed by atoms with Gasteiger partial charge < -0.3 is 0 Å². The molecule has 0 unspecified atom stereocenters. The topological polar surface area (TPSA) is 0 Å². The standard InChI is InChI=1S/C8H11F/c1-2-7-3-5-8(9)6-4-7/h3,6H,2,4-5H2,1H3. The number of halogens is 1. The highest BCUT2D eigenvalue weighted by Gasteiger charge is 2.00. The van der Waals surface area contributed by atoms with E-state index >= 15 is 0 Å². The highest BCUT2D eigenvalue weighted by molar-refractivity contribution is 5.17. The third-order valence-corrected chi connectivity index (χ3v) is 1.63. The summed E-state index contributed by atoms with van der Waals surface area (Å²) in [5.74, 6) is 0.0206. The van der Waals surface area contributed by atoms with Gasteiger partial charge in [-0.3, -0.25) is 0 Å². The molecule has 1 rings (SSSR count). The Bertz CT molecular complexity index is 154. The van der Waals surface area contributed by atoms with Crippen LogP contribution < -0.4 is 0 Å². The smallest absolute Gasteiger partial charge is 0.100 e. The molecule has 9 heavy (non-hydrogen) atoms. The van der Waals surface area contributed by atoms with Crippen molar-refractivity contribution in [2.24, 2.45) is 0 Å². The van der Waals surface area contributed by atoms with Gasteiger partial charge >= 0.3 is 0 Å². The first-order valence-corrected chi connectivity index (χ1v) is 3.35. The van der Waals surface area contributed by atoms with Crippen molar-refractivity contribution in [1.29, 1.82) is 0 Å². The van der Waals surface area contributed by atoms with Crippen molar-refractivity contribution in [3.05, 3.63) is 23.6 Å². The molecule has 1 heteroatoms. The van der Waals surface area contributed by atoms with Crippen molar-refractivity contribution >= 4 is 0 Å². The van der Waals surface area contributed by atoms with E-state index in [1.807, 2.05) is 6.08 Å². The van der Waals surface area contributed by atoms with Crippen molar-refractivity contribution < 1.29 is 4.39 Å². The van der Waals surface area contributed by atoms with Gasteiger partial charge in [0.25, 0.3) is 0 Å². The van der Waals surface area contributed by atoms with Gasteiger partial charge in [0.15, 0.2) is 0 Å². The van der Waals surface area contributed by atoms with Crippen molar-refractivity contribution in [2.45, 2.75) is 26.2 Å². The summed E-state index contributed by atoms with van der Waals surface area (Å²) >= 11 is 0. The Balaban J connectivity index is 2.48. The summed E-state index contributed by atoms with van der Waals surface area (Å²) in [7, 11) is 0. The summed E-state index contributed by atoms with van der Waals surface area (Å²) in [6.45, 7) is 2.10. The van der Waals surface area contributed by atoms with E-state index in [9.17, 15) is 4.39 Å². The molecule has 0 aliphatic heterocycles. The van der Waals surface area contributed by atoms with Crippen LogP contribution in [0, 0.1) is 0 Å². The zero-order chi connectivity index (χ0) is 6.69. The lowest BCUT2D eigenvalue weighted by Crippen LogP contribution is -1.86. The molecule has 0 amide bonds. The summed E-state index contributed by atoms with van der Waals surface area (Å²) in [4.78, 5) is 0. The van der Waals surface area contributed by atoms with Crippen LogP contribution in [0.4, 0.5) is 4.39 Å². The second-order valence-electron chi connectivity index (χ2n) is 2.28. The van der Waals surface area contributed by atoms with Crippen LogP contribution in [-0.4, -0.2) is 0 Å². The number of allylic oxidation sites excluding steroid dienone is 4. The van der Waals surface area contributed by atoms with Crippen LogP contribution in [-0.2, 0) is 0 Å². The van der Waals surface area contributed by atoms with Gasteiger partial charge in [0.1, 0.15) is 5.83 Å². The molecule has 0 aromatic rings. The minimum absolute atomic E-state index is 0.0206. The quantitative estimate of drug-likeness (QED) is 0.474. The Labute approximate surface area is 55.1 Å². The molecule has 0 nitrogen and oxygen atoms in total. The largest absolute Gasteiger partial charge is 0.212 e. The molecule has 1 aliphatic carbocycles. The fraction of sp³-hybridized carbons (Fsp3) is 0.500. The number of hydrogen-bond donors (Lipinski definition) is 0. The SMILES string of the molecule is CCC1=CCC(F)=CC1. The first kappa shape index (κ1) is 6.53. The second kappa shape index (κ2) is 2.81. The van der Waals surface area contributed by atoms with Crippen LogP contribution in [0.15, 0.2) is 23.6 Å². The monoisotopic (exact) mass is 126 g/mol. The maximum atomic E-state index is 12.3. The van der Waals surface area contributed by atoms with Crippen LogP contribution in [0.1, 0.15) is 26.2 Å². The van der Waals surface area contributed by atoms with Gasteiger partial charge in [-0.15, -0.1) is 0 Å². The van der Waals surface area contributed by atoms with E-state index in [-0.39, 0.29) is 5.83 Å². The van der Waals surface area contributed by atoms with E-state index in [4.69, 9.17) is 0 Å². The van der Waals surface area contributed by atoms with E-state index in [0.29, 0.717) is 6.42 Å². The third-order valence-electron chi connectivity index (χ3n) is 1.63. The molecular weight excluding hydrogens is 115 g/mol. The van der Waals surface area contributed by atoms with Crippen LogP contribution in [0.2, 0.25) is 0 Å². The molecule has 0 N–H and O–H groups in total. The first-order chi connectivity index (χ1) is 4.33. The zero-order valence-corrected chi connectivity index (χ0v) is 5.65. The van der Waals surface area contributed by atoms with Crippen molar-refractivity contribution in [2.75, 3.05) is 0 Å². The highest BCUT2D eigenvalue weighted by atomic mass is 19.1. The average molecular weight is 126 g/mol. The first-order valence-electron chi connectivity index (χ1n) is 3.35. The molecule has 0 saturated carbocycles. The van der Waals surface area contributed by atoms with Gasteiger partial charge in [0.2, 0.25) is 0 Å². The lowest BCUT2D eigenvalue weighted by Gasteiger charge is -2.05. The van der Waals surface area contributed by atoms with E-state index in [2.05, 4.69) is 6.92 Å². The molecule has 0 atom stereocenters. The summed E-state index contributed by atoms with van der Waals surface area (Å²) in [6, 6.07) is 0. The fourth-order valence-electron chi connectivity index (χ4n) is 0.939. The van der Waals surface area contributed by atoms with Crippen LogP contribution in [0.25, 0.3) is 0 Å². The summed E-state index contributed by atoms with van der Waals surface area (Å²) < 4.78 is 12.3. The maximum absolute atomic E-state index is 12.3. The molecule has 0 spiro atoms. The zero-order valence-electron chi connectivity index (χ0n) is 5.65. The average Bonchev–Trinajstić information content (AvgIpc) is 1.90. The predicted octanol–water partition coefficient (Wildman–Crippen LogP) is 2.97. The highest BCUT2D eigenvalue weighted by Crippen LogP contribution is 2.19. The van der Waals surface area contributed by atoms with E-state index < -0.39 is 0 Å². The molecule has 0 aromatic carbocycles. The molecule has 50 valence electrons. The van der Waals surface area contributed by atoms with E-state index in [0.717, 1.165) is 12.8 Å². The van der Waals surface area contributed by atoms with Gasteiger partial charge in [0, 0.05) is 6.42 Å². The predicted molar refractivity (Wildman–Crippen MR) is 36.8 cm³/mol. The van der Waals surface area contributed by atoms with Crippen LogP contribution in [0.5, 0.6) is 0 Å². The van der Waals surface area contributed by atoms with Gasteiger partial charge in [-0.05, 0) is 18.9 Å². The third kappa shape index (κ3) is 1.67. The fourth-order valence-corrected chi connectivity index (χ4v) is 0.939. The summed E-state index contributed by atoms with van der Waals surface area (Å²) in [5, 5.41) is 0. The normalized spacial score (nSPS) is 18.9. The minimum atomic E-state index is 0.0206. The van der Waals surface area contributed by atoms with Crippen molar-refractivity contribution in [3.63, 3.8) is 0 Å².